The third-order valence-corrected chi connectivity index (χ3v) is 3.06. The molecule has 0 unspecified atom stereocenters. The summed E-state index contributed by atoms with van der Waals surface area (Å²) in [7, 11) is 0. The summed E-state index contributed by atoms with van der Waals surface area (Å²) >= 11 is 5.75. The van der Waals surface area contributed by atoms with Gasteiger partial charge in [-0.2, -0.15) is 0 Å². The fraction of sp³-hybridized carbons (Fsp3) is 0.500. The summed E-state index contributed by atoms with van der Waals surface area (Å²) in [6.45, 7) is 3.32. The van der Waals surface area contributed by atoms with Gasteiger partial charge in [0.05, 0.1) is 0 Å². The van der Waals surface area contributed by atoms with Crippen LogP contribution in [0.4, 0.5) is 5.69 Å². The number of hydrogen-bond acceptors (Lipinski definition) is 1. The van der Waals surface area contributed by atoms with Crippen LogP contribution in [-0.2, 0) is 5.88 Å². The number of hydrogen-bond donors (Lipinski definition) is 0. The van der Waals surface area contributed by atoms with E-state index in [4.69, 9.17) is 11.6 Å². The van der Waals surface area contributed by atoms with Gasteiger partial charge in [-0.3, -0.25) is 0 Å². The van der Waals surface area contributed by atoms with Crippen molar-refractivity contribution in [2.24, 2.45) is 0 Å². The van der Waals surface area contributed by atoms with Gasteiger partial charge in [-0.05, 0) is 37.5 Å². The first kappa shape index (κ1) is 9.85. The maximum Gasteiger partial charge on any atom is 0.0474 e. The molecule has 1 aromatic carbocycles. The molecule has 2 heteroatoms. The summed E-state index contributed by atoms with van der Waals surface area (Å²) in [4.78, 5) is 2.47. The number of anilines is 1. The van der Waals surface area contributed by atoms with E-state index in [0.29, 0.717) is 5.88 Å². The highest BCUT2D eigenvalue weighted by molar-refractivity contribution is 6.17. The predicted octanol–water partition coefficient (Wildman–Crippen LogP) is 3.41. The van der Waals surface area contributed by atoms with Crippen molar-refractivity contribution in [2.45, 2.75) is 31.7 Å². The molecular formula is C12H16ClN. The average molecular weight is 210 g/mol. The van der Waals surface area contributed by atoms with Crippen molar-refractivity contribution < 1.29 is 0 Å². The van der Waals surface area contributed by atoms with Crippen molar-refractivity contribution in [3.63, 3.8) is 0 Å². The van der Waals surface area contributed by atoms with E-state index < -0.39 is 0 Å². The number of rotatable bonds is 4. The van der Waals surface area contributed by atoms with E-state index >= 15 is 0 Å². The van der Waals surface area contributed by atoms with Crippen LogP contribution < -0.4 is 4.90 Å². The molecule has 0 aliphatic heterocycles. The summed E-state index contributed by atoms with van der Waals surface area (Å²) in [6, 6.07) is 9.39. The minimum Gasteiger partial charge on any atom is -0.369 e. The molecule has 0 radical (unpaired) electrons. The normalized spacial score (nSPS) is 15.6. The third-order valence-electron chi connectivity index (χ3n) is 2.75. The lowest BCUT2D eigenvalue weighted by atomic mass is 10.2. The van der Waals surface area contributed by atoms with Gasteiger partial charge in [0.15, 0.2) is 0 Å². The molecule has 1 aliphatic rings. The van der Waals surface area contributed by atoms with E-state index in [0.717, 1.165) is 12.6 Å². The summed E-state index contributed by atoms with van der Waals surface area (Å²) in [5.41, 5.74) is 2.53. The number of alkyl halides is 1. The van der Waals surface area contributed by atoms with Gasteiger partial charge in [0, 0.05) is 24.2 Å². The Balaban J connectivity index is 2.13. The summed E-state index contributed by atoms with van der Waals surface area (Å²) in [6.07, 6.45) is 2.70. The van der Waals surface area contributed by atoms with Crippen LogP contribution >= 0.6 is 11.6 Å². The minimum atomic E-state index is 0.607. The van der Waals surface area contributed by atoms with E-state index in [9.17, 15) is 0 Å². The second-order valence-electron chi connectivity index (χ2n) is 3.82. The van der Waals surface area contributed by atoms with Crippen LogP contribution in [0.3, 0.4) is 0 Å². The molecule has 0 amide bonds. The largest absolute Gasteiger partial charge is 0.369 e. The van der Waals surface area contributed by atoms with Gasteiger partial charge in [-0.15, -0.1) is 11.6 Å². The van der Waals surface area contributed by atoms with Crippen molar-refractivity contribution in [1.29, 1.82) is 0 Å². The summed E-state index contributed by atoms with van der Waals surface area (Å²) in [5.74, 6) is 0.607. The Labute approximate surface area is 90.7 Å². The van der Waals surface area contributed by atoms with Crippen LogP contribution in [0.15, 0.2) is 24.3 Å². The van der Waals surface area contributed by atoms with Crippen LogP contribution in [0.5, 0.6) is 0 Å². The van der Waals surface area contributed by atoms with E-state index in [2.05, 4.69) is 36.1 Å². The fourth-order valence-electron chi connectivity index (χ4n) is 1.81. The number of benzene rings is 1. The molecule has 76 valence electrons. The second kappa shape index (κ2) is 4.22. The van der Waals surface area contributed by atoms with Gasteiger partial charge < -0.3 is 4.90 Å². The highest BCUT2D eigenvalue weighted by Gasteiger charge is 2.27. The average Bonchev–Trinajstić information content (AvgIpc) is 3.04. The molecule has 0 N–H and O–H groups in total. The third kappa shape index (κ3) is 2.03. The van der Waals surface area contributed by atoms with Gasteiger partial charge in [0.2, 0.25) is 0 Å². The first-order chi connectivity index (χ1) is 6.85. The highest BCUT2D eigenvalue weighted by Crippen LogP contribution is 2.31. The van der Waals surface area contributed by atoms with Crippen LogP contribution in [0.1, 0.15) is 25.3 Å². The van der Waals surface area contributed by atoms with Crippen molar-refractivity contribution >= 4 is 17.3 Å². The van der Waals surface area contributed by atoms with E-state index in [1.807, 2.05) is 0 Å². The zero-order chi connectivity index (χ0) is 9.97. The van der Waals surface area contributed by atoms with E-state index in [-0.39, 0.29) is 0 Å². The lowest BCUT2D eigenvalue weighted by Crippen LogP contribution is -2.24. The topological polar surface area (TPSA) is 3.24 Å². The smallest absolute Gasteiger partial charge is 0.0474 e. The lowest BCUT2D eigenvalue weighted by Gasteiger charge is -2.22. The van der Waals surface area contributed by atoms with Crippen molar-refractivity contribution in [3.8, 4) is 0 Å². The molecule has 1 saturated carbocycles. The number of halogens is 1. The maximum absolute atomic E-state index is 5.75. The monoisotopic (exact) mass is 209 g/mol. The lowest BCUT2D eigenvalue weighted by molar-refractivity contribution is 0.826. The standard InChI is InChI=1S/C12H16ClN/c1-2-14(12-7-8-12)11-5-3-10(9-13)4-6-11/h3-6,12H,2,7-9H2,1H3. The SMILES string of the molecule is CCN(c1ccc(CCl)cc1)C1CC1. The number of nitrogens with zero attached hydrogens (tertiary/aromatic N) is 1. The molecule has 0 saturated heterocycles. The molecule has 1 fully saturated rings. The van der Waals surface area contributed by atoms with Gasteiger partial charge in [0.25, 0.3) is 0 Å². The highest BCUT2D eigenvalue weighted by atomic mass is 35.5. The minimum absolute atomic E-state index is 0.607. The molecule has 0 heterocycles. The van der Waals surface area contributed by atoms with Gasteiger partial charge in [0.1, 0.15) is 0 Å². The Morgan fingerprint density at radius 3 is 2.36 bits per heavy atom. The molecule has 0 aromatic heterocycles. The summed E-state index contributed by atoms with van der Waals surface area (Å²) in [5, 5.41) is 0. The molecular weight excluding hydrogens is 194 g/mol. The molecule has 1 aliphatic carbocycles. The van der Waals surface area contributed by atoms with Crippen molar-refractivity contribution in [1.82, 2.24) is 0 Å². The Morgan fingerprint density at radius 2 is 1.93 bits per heavy atom. The van der Waals surface area contributed by atoms with Gasteiger partial charge in [-0.25, -0.2) is 0 Å². The van der Waals surface area contributed by atoms with Gasteiger partial charge in [-0.1, -0.05) is 12.1 Å². The second-order valence-corrected chi connectivity index (χ2v) is 4.08. The Hall–Kier alpha value is -0.690. The molecule has 1 nitrogen and oxygen atoms in total. The fourth-order valence-corrected chi connectivity index (χ4v) is 1.99. The van der Waals surface area contributed by atoms with Crippen LogP contribution in [0.2, 0.25) is 0 Å². The van der Waals surface area contributed by atoms with E-state index in [1.54, 1.807) is 0 Å². The summed E-state index contributed by atoms with van der Waals surface area (Å²) < 4.78 is 0. The molecule has 2 rings (SSSR count). The van der Waals surface area contributed by atoms with E-state index in [1.165, 1.54) is 24.1 Å². The van der Waals surface area contributed by atoms with Crippen molar-refractivity contribution in [3.05, 3.63) is 29.8 Å². The molecule has 0 atom stereocenters. The quantitative estimate of drug-likeness (QED) is 0.687. The zero-order valence-electron chi connectivity index (χ0n) is 8.54. The zero-order valence-corrected chi connectivity index (χ0v) is 9.30. The molecule has 14 heavy (non-hydrogen) atoms. The first-order valence-corrected chi connectivity index (χ1v) is 5.80. The van der Waals surface area contributed by atoms with Gasteiger partial charge >= 0.3 is 0 Å². The Morgan fingerprint density at radius 1 is 1.29 bits per heavy atom. The van der Waals surface area contributed by atoms with Crippen LogP contribution in [0.25, 0.3) is 0 Å². The van der Waals surface area contributed by atoms with Crippen LogP contribution in [0, 0.1) is 0 Å². The molecule has 0 bridgehead atoms. The Kier molecular flexibility index (Phi) is 2.97. The molecule has 0 spiro atoms. The maximum atomic E-state index is 5.75. The van der Waals surface area contributed by atoms with Crippen LogP contribution in [-0.4, -0.2) is 12.6 Å². The first-order valence-electron chi connectivity index (χ1n) is 5.26. The molecule has 1 aromatic rings. The predicted molar refractivity (Wildman–Crippen MR) is 62.0 cm³/mol. The van der Waals surface area contributed by atoms with Crippen molar-refractivity contribution in [2.75, 3.05) is 11.4 Å². The Bertz CT molecular complexity index is 290.